The van der Waals surface area contributed by atoms with E-state index in [0.29, 0.717) is 32.8 Å². The van der Waals surface area contributed by atoms with Gasteiger partial charge in [0.05, 0.1) is 33.3 Å². The maximum Gasteiger partial charge on any atom is 0.323 e. The minimum atomic E-state index is -0.406. The van der Waals surface area contributed by atoms with Crippen LogP contribution in [0.5, 0.6) is 0 Å². The van der Waals surface area contributed by atoms with Gasteiger partial charge in [0.1, 0.15) is 6.04 Å². The summed E-state index contributed by atoms with van der Waals surface area (Å²) in [6.07, 6.45) is 3.77. The zero-order valence-electron chi connectivity index (χ0n) is 11.3. The smallest absolute Gasteiger partial charge is 0.323 e. The molecule has 0 amide bonds. The molecule has 1 aromatic heterocycles. The Kier molecular flexibility index (Phi) is 7.80. The number of carbonyl (C=O) groups excluding carboxylic acids is 1. The van der Waals surface area contributed by atoms with Crippen LogP contribution < -0.4 is 5.32 Å². The number of nitrogens with one attached hydrogen (secondary N) is 2. The largest absolute Gasteiger partial charge is 0.468 e. The lowest BCUT2D eigenvalue weighted by atomic mass is 10.1. The van der Waals surface area contributed by atoms with Gasteiger partial charge < -0.3 is 24.5 Å². The Labute approximate surface area is 112 Å². The first-order chi connectivity index (χ1) is 9.27. The van der Waals surface area contributed by atoms with Crippen molar-refractivity contribution < 1.29 is 19.0 Å². The molecule has 1 heterocycles. The van der Waals surface area contributed by atoms with Crippen molar-refractivity contribution in [2.45, 2.75) is 12.5 Å². The number of imidazole rings is 1. The summed E-state index contributed by atoms with van der Waals surface area (Å²) in [4.78, 5) is 18.5. The fourth-order valence-corrected chi connectivity index (χ4v) is 1.55. The topological polar surface area (TPSA) is 85.5 Å². The molecule has 2 N–H and O–H groups in total. The van der Waals surface area contributed by atoms with E-state index in [4.69, 9.17) is 14.2 Å². The van der Waals surface area contributed by atoms with Crippen molar-refractivity contribution in [3.05, 3.63) is 18.2 Å². The van der Waals surface area contributed by atoms with E-state index in [0.717, 1.165) is 5.69 Å². The van der Waals surface area contributed by atoms with Gasteiger partial charge in [0.25, 0.3) is 0 Å². The maximum atomic E-state index is 11.6. The second-order valence-corrected chi connectivity index (χ2v) is 3.92. The number of hydrogen-bond acceptors (Lipinski definition) is 6. The molecule has 0 spiro atoms. The minimum absolute atomic E-state index is 0.300. The summed E-state index contributed by atoms with van der Waals surface area (Å²) in [6, 6.07) is -0.406. The number of esters is 1. The molecule has 0 aliphatic carbocycles. The van der Waals surface area contributed by atoms with Gasteiger partial charge in [0.15, 0.2) is 0 Å². The van der Waals surface area contributed by atoms with E-state index in [9.17, 15) is 4.79 Å². The van der Waals surface area contributed by atoms with Gasteiger partial charge in [-0.2, -0.15) is 0 Å². The highest BCUT2D eigenvalue weighted by molar-refractivity contribution is 5.75. The molecule has 1 unspecified atom stereocenters. The van der Waals surface area contributed by atoms with Crippen LogP contribution in [-0.4, -0.2) is 62.6 Å². The van der Waals surface area contributed by atoms with Crippen LogP contribution in [0.2, 0.25) is 0 Å². The number of methoxy groups -OCH3 is 2. The standard InChI is InChI=1S/C12H21N3O4/c1-17-5-6-19-4-3-14-11(12(16)18-2)7-10-8-13-9-15-10/h8-9,11,14H,3-7H2,1-2H3,(H,13,15). The molecule has 0 saturated heterocycles. The molecule has 1 aromatic rings. The molecular formula is C12H21N3O4. The third-order valence-electron chi connectivity index (χ3n) is 2.53. The van der Waals surface area contributed by atoms with Gasteiger partial charge in [-0.25, -0.2) is 4.98 Å². The van der Waals surface area contributed by atoms with Gasteiger partial charge in [-0.15, -0.1) is 0 Å². The molecule has 0 aliphatic rings. The highest BCUT2D eigenvalue weighted by atomic mass is 16.5. The summed E-state index contributed by atoms with van der Waals surface area (Å²) in [5.41, 5.74) is 0.878. The molecule has 0 aromatic carbocycles. The number of hydrogen-bond donors (Lipinski definition) is 2. The quantitative estimate of drug-likeness (QED) is 0.451. The van der Waals surface area contributed by atoms with E-state index in [1.807, 2.05) is 0 Å². The molecule has 0 aliphatic heterocycles. The zero-order chi connectivity index (χ0) is 13.9. The summed E-state index contributed by atoms with van der Waals surface area (Å²) >= 11 is 0. The average Bonchev–Trinajstić information content (AvgIpc) is 2.93. The number of aromatic amines is 1. The third-order valence-corrected chi connectivity index (χ3v) is 2.53. The molecule has 7 nitrogen and oxygen atoms in total. The fourth-order valence-electron chi connectivity index (χ4n) is 1.55. The van der Waals surface area contributed by atoms with Gasteiger partial charge >= 0.3 is 5.97 Å². The van der Waals surface area contributed by atoms with Crippen molar-refractivity contribution >= 4 is 5.97 Å². The Hall–Kier alpha value is -1.44. The van der Waals surface area contributed by atoms with Crippen molar-refractivity contribution in [2.75, 3.05) is 40.6 Å². The Morgan fingerprint density at radius 2 is 2.26 bits per heavy atom. The van der Waals surface area contributed by atoms with Crippen LogP contribution in [-0.2, 0) is 25.4 Å². The molecule has 1 rings (SSSR count). The van der Waals surface area contributed by atoms with Crippen LogP contribution in [0.15, 0.2) is 12.5 Å². The Morgan fingerprint density at radius 3 is 2.89 bits per heavy atom. The van der Waals surface area contributed by atoms with E-state index in [1.54, 1.807) is 19.6 Å². The summed E-state index contributed by atoms with van der Waals surface area (Å²) in [5, 5.41) is 3.10. The van der Waals surface area contributed by atoms with Crippen LogP contribution >= 0.6 is 0 Å². The Morgan fingerprint density at radius 1 is 1.42 bits per heavy atom. The van der Waals surface area contributed by atoms with E-state index >= 15 is 0 Å². The monoisotopic (exact) mass is 271 g/mol. The van der Waals surface area contributed by atoms with Gasteiger partial charge in [0.2, 0.25) is 0 Å². The van der Waals surface area contributed by atoms with Gasteiger partial charge in [-0.1, -0.05) is 0 Å². The van der Waals surface area contributed by atoms with Gasteiger partial charge in [0, 0.05) is 32.0 Å². The van der Waals surface area contributed by atoms with E-state index in [-0.39, 0.29) is 5.97 Å². The first-order valence-corrected chi connectivity index (χ1v) is 6.13. The number of nitrogens with zero attached hydrogens (tertiary/aromatic N) is 1. The van der Waals surface area contributed by atoms with Crippen LogP contribution in [0, 0.1) is 0 Å². The molecule has 108 valence electrons. The number of rotatable bonds is 10. The van der Waals surface area contributed by atoms with Gasteiger partial charge in [-0.05, 0) is 0 Å². The fraction of sp³-hybridized carbons (Fsp3) is 0.667. The second kappa shape index (κ2) is 9.48. The van der Waals surface area contributed by atoms with Crippen LogP contribution in [0.25, 0.3) is 0 Å². The zero-order valence-corrected chi connectivity index (χ0v) is 11.3. The lowest BCUT2D eigenvalue weighted by molar-refractivity contribution is -0.143. The Bertz CT molecular complexity index is 343. The number of carbonyl (C=O) groups is 1. The minimum Gasteiger partial charge on any atom is -0.468 e. The summed E-state index contributed by atoms with van der Waals surface area (Å²) in [5.74, 6) is -0.300. The number of aromatic nitrogens is 2. The van der Waals surface area contributed by atoms with E-state index in [1.165, 1.54) is 7.11 Å². The molecule has 0 bridgehead atoms. The molecule has 7 heteroatoms. The van der Waals surface area contributed by atoms with E-state index in [2.05, 4.69) is 15.3 Å². The van der Waals surface area contributed by atoms with Crippen LogP contribution in [0.1, 0.15) is 5.69 Å². The van der Waals surface area contributed by atoms with Crippen molar-refractivity contribution in [2.24, 2.45) is 0 Å². The molecule has 1 atom stereocenters. The predicted octanol–water partition coefficient (Wildman–Crippen LogP) is -0.254. The first kappa shape index (κ1) is 15.6. The molecule has 19 heavy (non-hydrogen) atoms. The van der Waals surface area contributed by atoms with E-state index < -0.39 is 6.04 Å². The summed E-state index contributed by atoms with van der Waals surface area (Å²) < 4.78 is 14.9. The highest BCUT2D eigenvalue weighted by Gasteiger charge is 2.19. The van der Waals surface area contributed by atoms with Crippen molar-refractivity contribution in [3.63, 3.8) is 0 Å². The van der Waals surface area contributed by atoms with Crippen molar-refractivity contribution in [3.8, 4) is 0 Å². The first-order valence-electron chi connectivity index (χ1n) is 6.13. The third kappa shape index (κ3) is 6.32. The van der Waals surface area contributed by atoms with Crippen molar-refractivity contribution in [1.82, 2.24) is 15.3 Å². The number of H-pyrrole nitrogens is 1. The lowest BCUT2D eigenvalue weighted by Gasteiger charge is -2.15. The highest BCUT2D eigenvalue weighted by Crippen LogP contribution is 2.00. The molecular weight excluding hydrogens is 250 g/mol. The molecule has 0 fully saturated rings. The number of ether oxygens (including phenoxy) is 3. The molecule has 0 saturated carbocycles. The van der Waals surface area contributed by atoms with Crippen LogP contribution in [0.4, 0.5) is 0 Å². The Balaban J connectivity index is 2.28. The van der Waals surface area contributed by atoms with Crippen molar-refractivity contribution in [1.29, 1.82) is 0 Å². The maximum absolute atomic E-state index is 11.6. The second-order valence-electron chi connectivity index (χ2n) is 3.92. The normalized spacial score (nSPS) is 12.3. The molecule has 0 radical (unpaired) electrons. The summed E-state index contributed by atoms with van der Waals surface area (Å²) in [6.45, 7) is 2.19. The average molecular weight is 271 g/mol. The predicted molar refractivity (Wildman–Crippen MR) is 68.8 cm³/mol. The summed E-state index contributed by atoms with van der Waals surface area (Å²) in [7, 11) is 3.00. The lowest BCUT2D eigenvalue weighted by Crippen LogP contribution is -2.41. The van der Waals surface area contributed by atoms with Gasteiger partial charge in [-0.3, -0.25) is 4.79 Å². The SMILES string of the molecule is COCCOCCNC(Cc1cnc[nH]1)C(=O)OC. The van der Waals surface area contributed by atoms with Crippen LogP contribution in [0.3, 0.4) is 0 Å².